The SMILES string of the molecule is CN(C)C(=O)C1CCCN1C(=O)c1cc(N)n[nH]1. The molecule has 3 N–H and O–H groups in total. The van der Waals surface area contributed by atoms with Crippen LogP contribution in [0.5, 0.6) is 0 Å². The quantitative estimate of drug-likeness (QED) is 0.753. The van der Waals surface area contributed by atoms with Gasteiger partial charge in [0.05, 0.1) is 0 Å². The molecule has 1 fully saturated rings. The van der Waals surface area contributed by atoms with Crippen molar-refractivity contribution in [2.24, 2.45) is 0 Å². The number of nitrogens with two attached hydrogens (primary N) is 1. The molecule has 7 nitrogen and oxygen atoms in total. The van der Waals surface area contributed by atoms with E-state index in [-0.39, 0.29) is 23.7 Å². The van der Waals surface area contributed by atoms with Gasteiger partial charge in [0.25, 0.3) is 5.91 Å². The maximum atomic E-state index is 12.2. The molecule has 0 saturated carbocycles. The lowest BCUT2D eigenvalue weighted by Gasteiger charge is -2.25. The Labute approximate surface area is 105 Å². The number of rotatable bonds is 2. The highest BCUT2D eigenvalue weighted by Gasteiger charge is 2.35. The molecule has 1 aromatic heterocycles. The lowest BCUT2D eigenvalue weighted by molar-refractivity contribution is -0.132. The minimum atomic E-state index is -0.378. The summed E-state index contributed by atoms with van der Waals surface area (Å²) >= 11 is 0. The van der Waals surface area contributed by atoms with Crippen LogP contribution in [0.15, 0.2) is 6.07 Å². The summed E-state index contributed by atoms with van der Waals surface area (Å²) in [4.78, 5) is 27.3. The molecule has 1 saturated heterocycles. The van der Waals surface area contributed by atoms with Crippen molar-refractivity contribution in [1.82, 2.24) is 20.0 Å². The van der Waals surface area contributed by atoms with Crippen LogP contribution in [0, 0.1) is 0 Å². The zero-order valence-corrected chi connectivity index (χ0v) is 10.5. The largest absolute Gasteiger partial charge is 0.382 e. The molecule has 1 atom stereocenters. The van der Waals surface area contributed by atoms with Crippen molar-refractivity contribution in [1.29, 1.82) is 0 Å². The normalized spacial score (nSPS) is 19.0. The number of hydrogen-bond acceptors (Lipinski definition) is 4. The third-order valence-corrected chi connectivity index (χ3v) is 3.07. The first-order valence-corrected chi connectivity index (χ1v) is 5.83. The minimum Gasteiger partial charge on any atom is -0.382 e. The number of nitrogens with zero attached hydrogens (tertiary/aromatic N) is 3. The summed E-state index contributed by atoms with van der Waals surface area (Å²) in [5.74, 6) is -0.00160. The monoisotopic (exact) mass is 251 g/mol. The standard InChI is InChI=1S/C11H17N5O2/c1-15(2)11(18)8-4-3-5-16(8)10(17)7-6-9(12)14-13-7/h6,8H,3-5H2,1-2H3,(H3,12,13,14). The summed E-state index contributed by atoms with van der Waals surface area (Å²) in [6.07, 6.45) is 1.53. The lowest BCUT2D eigenvalue weighted by atomic mass is 10.2. The van der Waals surface area contributed by atoms with E-state index in [0.717, 1.165) is 6.42 Å². The fourth-order valence-electron chi connectivity index (χ4n) is 2.17. The van der Waals surface area contributed by atoms with Crippen LogP contribution < -0.4 is 5.73 Å². The lowest BCUT2D eigenvalue weighted by Crippen LogP contribution is -2.45. The molecule has 1 unspecified atom stereocenters. The molecule has 1 aliphatic rings. The summed E-state index contributed by atoms with van der Waals surface area (Å²) in [7, 11) is 3.38. The predicted octanol–water partition coefficient (Wildman–Crippen LogP) is -0.315. The Morgan fingerprint density at radius 1 is 1.56 bits per heavy atom. The number of hydrogen-bond donors (Lipinski definition) is 2. The van der Waals surface area contributed by atoms with E-state index in [2.05, 4.69) is 10.2 Å². The highest BCUT2D eigenvalue weighted by atomic mass is 16.2. The van der Waals surface area contributed by atoms with Crippen LogP contribution in [0.1, 0.15) is 23.3 Å². The van der Waals surface area contributed by atoms with Gasteiger partial charge in [0, 0.05) is 26.7 Å². The molecule has 2 rings (SSSR count). The van der Waals surface area contributed by atoms with Crippen molar-refractivity contribution in [3.8, 4) is 0 Å². The number of carbonyl (C=O) groups excluding carboxylic acids is 2. The van der Waals surface area contributed by atoms with Crippen molar-refractivity contribution in [2.45, 2.75) is 18.9 Å². The molecular weight excluding hydrogens is 234 g/mol. The Balaban J connectivity index is 2.17. The van der Waals surface area contributed by atoms with Gasteiger partial charge in [-0.05, 0) is 12.8 Å². The van der Waals surface area contributed by atoms with E-state index in [1.165, 1.54) is 11.0 Å². The fraction of sp³-hybridized carbons (Fsp3) is 0.545. The number of nitrogens with one attached hydrogen (secondary N) is 1. The molecule has 2 heterocycles. The van der Waals surface area contributed by atoms with E-state index in [4.69, 9.17) is 5.73 Å². The first-order valence-electron chi connectivity index (χ1n) is 5.83. The minimum absolute atomic E-state index is 0.0478. The third-order valence-electron chi connectivity index (χ3n) is 3.07. The van der Waals surface area contributed by atoms with Gasteiger partial charge in [-0.15, -0.1) is 0 Å². The average molecular weight is 251 g/mol. The number of amides is 2. The van der Waals surface area contributed by atoms with Crippen LogP contribution in [-0.4, -0.2) is 58.5 Å². The number of carbonyl (C=O) groups is 2. The molecule has 0 bridgehead atoms. The molecule has 98 valence electrons. The van der Waals surface area contributed by atoms with Crippen molar-refractivity contribution in [3.63, 3.8) is 0 Å². The van der Waals surface area contributed by atoms with Gasteiger partial charge in [0.15, 0.2) is 0 Å². The van der Waals surface area contributed by atoms with E-state index < -0.39 is 0 Å². The number of aromatic amines is 1. The molecule has 7 heteroatoms. The zero-order chi connectivity index (χ0) is 13.3. The first kappa shape index (κ1) is 12.4. The molecule has 2 amide bonds. The molecule has 1 aliphatic heterocycles. The number of likely N-dealkylation sites (N-methyl/N-ethyl adjacent to an activating group) is 1. The van der Waals surface area contributed by atoms with Crippen LogP contribution in [0.25, 0.3) is 0 Å². The summed E-state index contributed by atoms with van der Waals surface area (Å²) in [5, 5.41) is 6.30. The van der Waals surface area contributed by atoms with E-state index >= 15 is 0 Å². The zero-order valence-electron chi connectivity index (χ0n) is 10.5. The number of H-pyrrole nitrogens is 1. The number of anilines is 1. The Hall–Kier alpha value is -2.05. The molecule has 1 aromatic rings. The van der Waals surface area contributed by atoms with Gasteiger partial charge in [-0.2, -0.15) is 5.10 Å². The topological polar surface area (TPSA) is 95.3 Å². The van der Waals surface area contributed by atoms with Gasteiger partial charge >= 0.3 is 0 Å². The van der Waals surface area contributed by atoms with Gasteiger partial charge < -0.3 is 15.5 Å². The van der Waals surface area contributed by atoms with Crippen LogP contribution in [0.4, 0.5) is 5.82 Å². The molecular formula is C11H17N5O2. The van der Waals surface area contributed by atoms with Gasteiger partial charge in [0.1, 0.15) is 17.6 Å². The first-order chi connectivity index (χ1) is 8.50. The Bertz CT molecular complexity index is 468. The summed E-state index contributed by atoms with van der Waals surface area (Å²) in [5.41, 5.74) is 5.79. The maximum absolute atomic E-state index is 12.2. The summed E-state index contributed by atoms with van der Waals surface area (Å²) in [6.45, 7) is 0.585. The highest BCUT2D eigenvalue weighted by Crippen LogP contribution is 2.21. The van der Waals surface area contributed by atoms with Gasteiger partial charge in [-0.25, -0.2) is 0 Å². The van der Waals surface area contributed by atoms with Crippen molar-refractivity contribution in [3.05, 3.63) is 11.8 Å². The third kappa shape index (κ3) is 2.15. The van der Waals surface area contributed by atoms with E-state index in [1.54, 1.807) is 19.0 Å². The van der Waals surface area contributed by atoms with E-state index in [9.17, 15) is 9.59 Å². The number of nitrogen functional groups attached to an aromatic ring is 1. The van der Waals surface area contributed by atoms with Crippen LogP contribution in [0.2, 0.25) is 0 Å². The Morgan fingerprint density at radius 2 is 2.28 bits per heavy atom. The van der Waals surface area contributed by atoms with Crippen LogP contribution in [0.3, 0.4) is 0 Å². The van der Waals surface area contributed by atoms with Gasteiger partial charge in [0.2, 0.25) is 5.91 Å². The van der Waals surface area contributed by atoms with E-state index in [0.29, 0.717) is 18.7 Å². The van der Waals surface area contributed by atoms with Gasteiger partial charge in [-0.3, -0.25) is 14.7 Å². The molecule has 0 aromatic carbocycles. The Kier molecular flexibility index (Phi) is 3.22. The van der Waals surface area contributed by atoms with E-state index in [1.807, 2.05) is 0 Å². The van der Waals surface area contributed by atoms with Crippen molar-refractivity contribution < 1.29 is 9.59 Å². The second-order valence-corrected chi connectivity index (χ2v) is 4.60. The average Bonchev–Trinajstić information content (AvgIpc) is 2.95. The summed E-state index contributed by atoms with van der Waals surface area (Å²) < 4.78 is 0. The fourth-order valence-corrected chi connectivity index (χ4v) is 2.17. The van der Waals surface area contributed by atoms with Crippen LogP contribution in [-0.2, 0) is 4.79 Å². The van der Waals surface area contributed by atoms with Crippen molar-refractivity contribution in [2.75, 3.05) is 26.4 Å². The molecule has 0 spiro atoms. The highest BCUT2D eigenvalue weighted by molar-refractivity contribution is 5.96. The van der Waals surface area contributed by atoms with Crippen LogP contribution >= 0.6 is 0 Å². The maximum Gasteiger partial charge on any atom is 0.272 e. The van der Waals surface area contributed by atoms with Gasteiger partial charge in [-0.1, -0.05) is 0 Å². The molecule has 18 heavy (non-hydrogen) atoms. The smallest absolute Gasteiger partial charge is 0.272 e. The second kappa shape index (κ2) is 4.67. The number of aromatic nitrogens is 2. The Morgan fingerprint density at radius 3 is 2.83 bits per heavy atom. The predicted molar refractivity (Wildman–Crippen MR) is 65.8 cm³/mol. The summed E-state index contributed by atoms with van der Waals surface area (Å²) in [6, 6.07) is 1.11. The number of likely N-dealkylation sites (tertiary alicyclic amines) is 1. The van der Waals surface area contributed by atoms with Crippen molar-refractivity contribution >= 4 is 17.6 Å². The molecule has 0 radical (unpaired) electrons. The second-order valence-electron chi connectivity index (χ2n) is 4.60. The molecule has 0 aliphatic carbocycles.